The van der Waals surface area contributed by atoms with Gasteiger partial charge < -0.3 is 9.47 Å². The molecule has 0 saturated carbocycles. The van der Waals surface area contributed by atoms with Crippen molar-refractivity contribution in [2.45, 2.75) is 32.1 Å². The Hall–Kier alpha value is -1.35. The van der Waals surface area contributed by atoms with E-state index < -0.39 is 0 Å². The van der Waals surface area contributed by atoms with Crippen LogP contribution in [0.5, 0.6) is 5.75 Å². The number of hydrogen-bond donors (Lipinski definition) is 0. The largest absolute Gasteiger partial charge is 0.486 e. The van der Waals surface area contributed by atoms with Crippen molar-refractivity contribution in [1.82, 2.24) is 0 Å². The molecular weight excluding hydrogens is 240 g/mol. The van der Waals surface area contributed by atoms with Gasteiger partial charge in [0, 0.05) is 12.5 Å². The molecule has 1 aliphatic carbocycles. The van der Waals surface area contributed by atoms with Crippen molar-refractivity contribution in [1.29, 1.82) is 0 Å². The predicted molar refractivity (Wildman–Crippen MR) is 72.5 cm³/mol. The van der Waals surface area contributed by atoms with Crippen molar-refractivity contribution in [3.8, 4) is 5.75 Å². The van der Waals surface area contributed by atoms with Gasteiger partial charge in [0.15, 0.2) is 5.78 Å². The normalized spacial score (nSPS) is 22.0. The molecule has 0 N–H and O–H groups in total. The maximum absolute atomic E-state index is 11.9. The van der Waals surface area contributed by atoms with Crippen LogP contribution in [0.3, 0.4) is 0 Å². The van der Waals surface area contributed by atoms with Crippen LogP contribution in [0.2, 0.25) is 0 Å². The Morgan fingerprint density at radius 1 is 1.26 bits per heavy atom. The highest BCUT2D eigenvalue weighted by Crippen LogP contribution is 2.25. The number of benzene rings is 1. The number of Topliss-reactive ketones (excluding diaryl/α,β-unsaturated/α-hetero) is 1. The fourth-order valence-electron chi connectivity index (χ4n) is 2.86. The minimum absolute atomic E-state index is 0.0395. The Kier molecular flexibility index (Phi) is 3.83. The summed E-state index contributed by atoms with van der Waals surface area (Å²) in [6.45, 7) is 1.44. The molecule has 0 aromatic heterocycles. The summed E-state index contributed by atoms with van der Waals surface area (Å²) in [4.78, 5) is 11.9. The highest BCUT2D eigenvalue weighted by molar-refractivity contribution is 5.82. The van der Waals surface area contributed by atoms with E-state index in [-0.39, 0.29) is 18.3 Å². The van der Waals surface area contributed by atoms with Crippen LogP contribution >= 0.6 is 0 Å². The summed E-state index contributed by atoms with van der Waals surface area (Å²) in [5, 5.41) is 0. The second-order valence-corrected chi connectivity index (χ2v) is 5.45. The molecule has 0 bridgehead atoms. The first kappa shape index (κ1) is 12.7. The van der Waals surface area contributed by atoms with E-state index in [9.17, 15) is 4.79 Å². The quantitative estimate of drug-likeness (QED) is 0.834. The van der Waals surface area contributed by atoms with E-state index >= 15 is 0 Å². The number of fused-ring (bicyclic) bond motifs is 1. The molecule has 0 amide bonds. The lowest BCUT2D eigenvalue weighted by molar-refractivity contribution is -0.124. The Morgan fingerprint density at radius 3 is 2.89 bits per heavy atom. The van der Waals surface area contributed by atoms with E-state index in [0.29, 0.717) is 13.2 Å². The molecule has 1 aromatic rings. The molecular formula is C16H20O3. The average molecular weight is 260 g/mol. The van der Waals surface area contributed by atoms with Crippen LogP contribution in [-0.2, 0) is 22.4 Å². The van der Waals surface area contributed by atoms with Crippen molar-refractivity contribution in [2.24, 2.45) is 5.92 Å². The van der Waals surface area contributed by atoms with E-state index in [1.165, 1.54) is 30.4 Å². The smallest absolute Gasteiger partial charge is 0.175 e. The monoisotopic (exact) mass is 260 g/mol. The molecule has 1 aliphatic heterocycles. The summed E-state index contributed by atoms with van der Waals surface area (Å²) in [5.74, 6) is 1.03. The van der Waals surface area contributed by atoms with Gasteiger partial charge in [0.2, 0.25) is 0 Å². The zero-order chi connectivity index (χ0) is 13.1. The molecule has 3 rings (SSSR count). The number of ether oxygens (including phenoxy) is 2. The molecule has 3 nitrogen and oxygen atoms in total. The van der Waals surface area contributed by atoms with E-state index in [1.807, 2.05) is 6.07 Å². The number of rotatable bonds is 4. The number of aryl methyl sites for hydroxylation is 2. The first-order valence-electron chi connectivity index (χ1n) is 7.18. The zero-order valence-electron chi connectivity index (χ0n) is 11.2. The summed E-state index contributed by atoms with van der Waals surface area (Å²) in [7, 11) is 0. The molecule has 1 fully saturated rings. The van der Waals surface area contributed by atoms with Gasteiger partial charge in [-0.05, 0) is 55.4 Å². The van der Waals surface area contributed by atoms with Gasteiger partial charge >= 0.3 is 0 Å². The molecule has 3 heteroatoms. The van der Waals surface area contributed by atoms with Gasteiger partial charge in [-0.25, -0.2) is 0 Å². The summed E-state index contributed by atoms with van der Waals surface area (Å²) in [5.41, 5.74) is 2.83. The van der Waals surface area contributed by atoms with Crippen molar-refractivity contribution in [3.05, 3.63) is 29.3 Å². The second kappa shape index (κ2) is 5.74. The van der Waals surface area contributed by atoms with Gasteiger partial charge in [0.05, 0.1) is 6.61 Å². The zero-order valence-corrected chi connectivity index (χ0v) is 11.2. The number of hydrogen-bond acceptors (Lipinski definition) is 3. The van der Waals surface area contributed by atoms with Crippen molar-refractivity contribution >= 4 is 5.78 Å². The Bertz CT molecular complexity index is 461. The number of ketones is 1. The second-order valence-electron chi connectivity index (χ2n) is 5.45. The summed E-state index contributed by atoms with van der Waals surface area (Å²) < 4.78 is 10.9. The Morgan fingerprint density at radius 2 is 2.11 bits per heavy atom. The molecule has 1 aromatic carbocycles. The summed E-state index contributed by atoms with van der Waals surface area (Å²) in [6.07, 6.45) is 5.69. The minimum atomic E-state index is 0.0395. The molecule has 0 radical (unpaired) electrons. The predicted octanol–water partition coefficient (Wildman–Crippen LogP) is 2.55. The van der Waals surface area contributed by atoms with Crippen LogP contribution in [-0.4, -0.2) is 25.6 Å². The third kappa shape index (κ3) is 2.98. The highest BCUT2D eigenvalue weighted by atomic mass is 16.5. The third-order valence-corrected chi connectivity index (χ3v) is 4.09. The van der Waals surface area contributed by atoms with Crippen LogP contribution < -0.4 is 4.74 Å². The van der Waals surface area contributed by atoms with Crippen LogP contribution in [0.25, 0.3) is 0 Å². The lowest BCUT2D eigenvalue weighted by Gasteiger charge is -2.17. The molecule has 2 aliphatic rings. The van der Waals surface area contributed by atoms with Crippen LogP contribution in [0.1, 0.15) is 30.4 Å². The van der Waals surface area contributed by atoms with Gasteiger partial charge in [0.1, 0.15) is 12.4 Å². The van der Waals surface area contributed by atoms with Gasteiger partial charge in [-0.1, -0.05) is 6.07 Å². The van der Waals surface area contributed by atoms with Gasteiger partial charge in [-0.2, -0.15) is 0 Å². The van der Waals surface area contributed by atoms with E-state index in [2.05, 4.69) is 12.1 Å². The molecule has 1 saturated heterocycles. The maximum atomic E-state index is 11.9. The van der Waals surface area contributed by atoms with Gasteiger partial charge in [-0.15, -0.1) is 0 Å². The molecule has 102 valence electrons. The summed E-state index contributed by atoms with van der Waals surface area (Å²) >= 11 is 0. The fraction of sp³-hybridized carbons (Fsp3) is 0.562. The van der Waals surface area contributed by atoms with Crippen molar-refractivity contribution in [2.75, 3.05) is 19.8 Å². The number of carbonyl (C=O) groups excluding carboxylic acids is 1. The first-order valence-corrected chi connectivity index (χ1v) is 7.18. The minimum Gasteiger partial charge on any atom is -0.486 e. The lowest BCUT2D eigenvalue weighted by atomic mass is 9.92. The topological polar surface area (TPSA) is 35.5 Å². The van der Waals surface area contributed by atoms with Crippen molar-refractivity contribution < 1.29 is 14.3 Å². The van der Waals surface area contributed by atoms with Gasteiger partial charge in [0.25, 0.3) is 0 Å². The average Bonchev–Trinajstić information content (AvgIpc) is 2.99. The number of carbonyl (C=O) groups is 1. The fourth-order valence-corrected chi connectivity index (χ4v) is 2.86. The SMILES string of the molecule is O=C(COc1ccc2c(c1)CCCC2)C1CCOC1. The van der Waals surface area contributed by atoms with Crippen LogP contribution in [0.15, 0.2) is 18.2 Å². The summed E-state index contributed by atoms with van der Waals surface area (Å²) in [6, 6.07) is 6.24. The van der Waals surface area contributed by atoms with Crippen molar-refractivity contribution in [3.63, 3.8) is 0 Å². The molecule has 19 heavy (non-hydrogen) atoms. The molecule has 1 unspecified atom stereocenters. The Balaban J connectivity index is 1.59. The third-order valence-electron chi connectivity index (χ3n) is 4.09. The lowest BCUT2D eigenvalue weighted by Crippen LogP contribution is -2.21. The maximum Gasteiger partial charge on any atom is 0.175 e. The van der Waals surface area contributed by atoms with E-state index in [1.54, 1.807) is 0 Å². The molecule has 1 heterocycles. The standard InChI is InChI=1S/C16H20O3/c17-16(14-7-8-18-10-14)11-19-15-6-5-12-3-1-2-4-13(12)9-15/h5-6,9,14H,1-4,7-8,10-11H2. The van der Waals surface area contributed by atoms with E-state index in [4.69, 9.17) is 9.47 Å². The highest BCUT2D eigenvalue weighted by Gasteiger charge is 2.23. The first-order chi connectivity index (χ1) is 9.33. The Labute approximate surface area is 113 Å². The van der Waals surface area contributed by atoms with E-state index in [0.717, 1.165) is 18.6 Å². The van der Waals surface area contributed by atoms with Gasteiger partial charge in [-0.3, -0.25) is 4.79 Å². The van der Waals surface area contributed by atoms with Crippen LogP contribution in [0.4, 0.5) is 0 Å². The van der Waals surface area contributed by atoms with Crippen LogP contribution in [0, 0.1) is 5.92 Å². The molecule has 1 atom stereocenters. The molecule has 0 spiro atoms.